The number of nitrogens with one attached hydrogen (secondary N) is 3. The first-order valence-electron chi connectivity index (χ1n) is 14.4. The fourth-order valence-electron chi connectivity index (χ4n) is 4.87. The van der Waals surface area contributed by atoms with Crippen LogP contribution in [0.3, 0.4) is 0 Å². The van der Waals surface area contributed by atoms with Gasteiger partial charge in [-0.1, -0.05) is 12.1 Å². The number of likely N-dealkylation sites (N-methyl/N-ethyl adjacent to an activating group) is 2. The standard InChI is InChI=1S/C31H38N8O5S/c1-38(2)13-14-39(3)25-19-27(43-4)24(18-23(25)37-45(5,41)42)34-31-32-12-10-22(33-31)30-29(35-28(36-30)7-6-15-40)21-9-8-20-11-16-44-26(20)17-21/h8-12,16-19,37,40H,6-7,13-15H2,1-5H3,(H,35,36)(H,32,33,34). The van der Waals surface area contributed by atoms with Crippen LogP contribution in [0.4, 0.5) is 23.0 Å². The van der Waals surface area contributed by atoms with E-state index in [0.717, 1.165) is 29.3 Å². The topological polar surface area (TPSA) is 162 Å². The number of furan rings is 1. The van der Waals surface area contributed by atoms with Gasteiger partial charge in [-0.05, 0) is 44.8 Å². The number of aryl methyl sites for hydroxylation is 1. The number of H-pyrrole nitrogens is 1. The SMILES string of the molecule is COc1cc(N(C)CCN(C)C)c(NS(C)(=O)=O)cc1Nc1nccc(-c2[nH]c(CCCO)nc2-c2ccc3ccoc3c2)n1. The molecule has 0 fully saturated rings. The van der Waals surface area contributed by atoms with Crippen LogP contribution in [0, 0.1) is 0 Å². The highest BCUT2D eigenvalue weighted by molar-refractivity contribution is 7.92. The van der Waals surface area contributed by atoms with E-state index in [4.69, 9.17) is 19.1 Å². The van der Waals surface area contributed by atoms with E-state index < -0.39 is 10.0 Å². The van der Waals surface area contributed by atoms with Crippen LogP contribution in [0.5, 0.6) is 5.75 Å². The Kier molecular flexibility index (Phi) is 9.56. The molecule has 5 rings (SSSR count). The molecule has 3 aromatic heterocycles. The van der Waals surface area contributed by atoms with Crippen molar-refractivity contribution >= 4 is 44.0 Å². The Bertz CT molecular complexity index is 1890. The second-order valence-electron chi connectivity index (χ2n) is 11.0. The van der Waals surface area contributed by atoms with E-state index >= 15 is 0 Å². The van der Waals surface area contributed by atoms with E-state index in [9.17, 15) is 13.5 Å². The summed E-state index contributed by atoms with van der Waals surface area (Å²) >= 11 is 0. The summed E-state index contributed by atoms with van der Waals surface area (Å²) in [5.41, 5.74) is 5.06. The highest BCUT2D eigenvalue weighted by Crippen LogP contribution is 2.39. The van der Waals surface area contributed by atoms with Gasteiger partial charge in [0, 0.05) is 56.4 Å². The summed E-state index contributed by atoms with van der Waals surface area (Å²) in [5, 5.41) is 13.6. The summed E-state index contributed by atoms with van der Waals surface area (Å²) in [6.45, 7) is 1.48. The highest BCUT2D eigenvalue weighted by atomic mass is 32.2. The molecular formula is C31H38N8O5S. The lowest BCUT2D eigenvalue weighted by molar-refractivity contribution is 0.287. The first-order valence-corrected chi connectivity index (χ1v) is 16.3. The molecule has 5 aromatic rings. The highest BCUT2D eigenvalue weighted by Gasteiger charge is 2.20. The molecule has 0 saturated carbocycles. The maximum Gasteiger partial charge on any atom is 0.229 e. The number of rotatable bonds is 14. The number of aromatic nitrogens is 4. The van der Waals surface area contributed by atoms with Gasteiger partial charge in [0.05, 0.1) is 53.8 Å². The summed E-state index contributed by atoms with van der Waals surface area (Å²) in [6, 6.07) is 13.0. The van der Waals surface area contributed by atoms with Gasteiger partial charge in [-0.15, -0.1) is 0 Å². The molecule has 13 nitrogen and oxygen atoms in total. The molecule has 4 N–H and O–H groups in total. The molecule has 0 atom stereocenters. The van der Waals surface area contributed by atoms with E-state index in [1.807, 2.05) is 55.2 Å². The number of imidazole rings is 1. The number of hydrogen-bond acceptors (Lipinski definition) is 11. The van der Waals surface area contributed by atoms with Crippen molar-refractivity contribution in [2.24, 2.45) is 0 Å². The van der Waals surface area contributed by atoms with Crippen LogP contribution >= 0.6 is 0 Å². The third-order valence-electron chi connectivity index (χ3n) is 7.12. The van der Waals surface area contributed by atoms with Crippen molar-refractivity contribution in [3.63, 3.8) is 0 Å². The van der Waals surface area contributed by atoms with Gasteiger partial charge in [-0.2, -0.15) is 0 Å². The van der Waals surface area contributed by atoms with Crippen molar-refractivity contribution in [1.82, 2.24) is 24.8 Å². The number of methoxy groups -OCH3 is 1. The maximum absolute atomic E-state index is 12.3. The number of fused-ring (bicyclic) bond motifs is 1. The lowest BCUT2D eigenvalue weighted by Crippen LogP contribution is -2.29. The summed E-state index contributed by atoms with van der Waals surface area (Å²) in [7, 11) is 3.81. The quantitative estimate of drug-likeness (QED) is 0.138. The van der Waals surface area contributed by atoms with Crippen molar-refractivity contribution in [2.45, 2.75) is 12.8 Å². The molecule has 0 aliphatic carbocycles. The van der Waals surface area contributed by atoms with Gasteiger partial charge < -0.3 is 34.4 Å². The van der Waals surface area contributed by atoms with Gasteiger partial charge >= 0.3 is 0 Å². The van der Waals surface area contributed by atoms with Crippen molar-refractivity contribution in [2.75, 3.05) is 69.1 Å². The largest absolute Gasteiger partial charge is 0.494 e. The molecule has 0 saturated heterocycles. The maximum atomic E-state index is 12.3. The van der Waals surface area contributed by atoms with Crippen LogP contribution < -0.4 is 19.7 Å². The minimum absolute atomic E-state index is 0.0491. The molecule has 0 spiro atoms. The Balaban J connectivity index is 1.52. The molecule has 14 heteroatoms. The van der Waals surface area contributed by atoms with E-state index in [2.05, 4.69) is 20.0 Å². The molecule has 0 unspecified atom stereocenters. The zero-order chi connectivity index (χ0) is 32.1. The van der Waals surface area contributed by atoms with Crippen LogP contribution in [0.2, 0.25) is 0 Å². The molecule has 0 radical (unpaired) electrons. The van der Waals surface area contributed by atoms with Crippen LogP contribution in [-0.2, 0) is 16.4 Å². The molecule has 0 aliphatic heterocycles. The zero-order valence-corrected chi connectivity index (χ0v) is 26.8. The summed E-state index contributed by atoms with van der Waals surface area (Å²) in [5.74, 6) is 1.47. The summed E-state index contributed by atoms with van der Waals surface area (Å²) in [4.78, 5) is 21.4. The van der Waals surface area contributed by atoms with Crippen molar-refractivity contribution in [1.29, 1.82) is 0 Å². The first kappa shape index (κ1) is 31.8. The number of aliphatic hydroxyl groups is 1. The van der Waals surface area contributed by atoms with E-state index in [0.29, 0.717) is 65.1 Å². The fourth-order valence-corrected chi connectivity index (χ4v) is 5.43. The molecule has 3 heterocycles. The Morgan fingerprint density at radius 2 is 1.87 bits per heavy atom. The van der Waals surface area contributed by atoms with Crippen molar-refractivity contribution in [3.05, 3.63) is 60.7 Å². The Morgan fingerprint density at radius 3 is 2.60 bits per heavy atom. The van der Waals surface area contributed by atoms with Crippen LogP contribution in [-0.4, -0.2) is 92.6 Å². The van der Waals surface area contributed by atoms with Gasteiger partial charge in [-0.3, -0.25) is 4.72 Å². The predicted octanol–water partition coefficient (Wildman–Crippen LogP) is 4.33. The monoisotopic (exact) mass is 634 g/mol. The smallest absolute Gasteiger partial charge is 0.229 e. The molecule has 0 aliphatic rings. The first-order chi connectivity index (χ1) is 21.5. The van der Waals surface area contributed by atoms with E-state index in [-0.39, 0.29) is 12.6 Å². The van der Waals surface area contributed by atoms with Crippen molar-refractivity contribution < 1.29 is 22.7 Å². The van der Waals surface area contributed by atoms with Gasteiger partial charge in [0.25, 0.3) is 0 Å². The molecule has 0 bridgehead atoms. The number of nitrogens with zero attached hydrogens (tertiary/aromatic N) is 5. The third-order valence-corrected chi connectivity index (χ3v) is 7.71. The molecular weight excluding hydrogens is 596 g/mol. The Hall–Kier alpha value is -4.66. The normalized spacial score (nSPS) is 11.7. The van der Waals surface area contributed by atoms with Crippen LogP contribution in [0.1, 0.15) is 12.2 Å². The van der Waals surface area contributed by atoms with E-state index in [1.54, 1.807) is 37.8 Å². The number of anilines is 4. The second kappa shape index (κ2) is 13.5. The van der Waals surface area contributed by atoms with Gasteiger partial charge in [-0.25, -0.2) is 23.4 Å². The van der Waals surface area contributed by atoms with Crippen LogP contribution in [0.15, 0.2) is 59.3 Å². The second-order valence-corrected chi connectivity index (χ2v) is 12.7. The molecule has 0 amide bonds. The molecule has 238 valence electrons. The Morgan fingerprint density at radius 1 is 1.04 bits per heavy atom. The minimum atomic E-state index is -3.58. The summed E-state index contributed by atoms with van der Waals surface area (Å²) in [6.07, 6.45) is 5.51. The Labute approximate surface area is 262 Å². The number of aromatic amines is 1. The molecule has 45 heavy (non-hydrogen) atoms. The molecule has 2 aromatic carbocycles. The average Bonchev–Trinajstić information content (AvgIpc) is 3.65. The number of hydrogen-bond donors (Lipinski definition) is 4. The predicted molar refractivity (Wildman–Crippen MR) is 177 cm³/mol. The summed E-state index contributed by atoms with van der Waals surface area (Å²) < 4.78 is 38.6. The third kappa shape index (κ3) is 7.71. The van der Waals surface area contributed by atoms with E-state index in [1.165, 1.54) is 0 Å². The number of benzene rings is 2. The lowest BCUT2D eigenvalue weighted by Gasteiger charge is -2.26. The number of aliphatic hydroxyl groups excluding tert-OH is 1. The van der Waals surface area contributed by atoms with Crippen LogP contribution in [0.25, 0.3) is 33.6 Å². The fraction of sp³-hybridized carbons (Fsp3) is 0.323. The minimum Gasteiger partial charge on any atom is -0.494 e. The lowest BCUT2D eigenvalue weighted by atomic mass is 10.1. The van der Waals surface area contributed by atoms with Gasteiger partial charge in [0.2, 0.25) is 16.0 Å². The van der Waals surface area contributed by atoms with Gasteiger partial charge in [0.15, 0.2) is 0 Å². The number of sulfonamides is 1. The van der Waals surface area contributed by atoms with Gasteiger partial charge in [0.1, 0.15) is 17.2 Å². The van der Waals surface area contributed by atoms with Crippen molar-refractivity contribution in [3.8, 4) is 28.4 Å². The zero-order valence-electron chi connectivity index (χ0n) is 26.0. The average molecular weight is 635 g/mol. The number of ether oxygens (including phenoxy) is 1.